The fraction of sp³-hybridized carbons (Fsp3) is 0.304. The molecule has 0 unspecified atom stereocenters. The van der Waals surface area contributed by atoms with E-state index in [9.17, 15) is 64.5 Å². The van der Waals surface area contributed by atoms with Crippen molar-refractivity contribution in [3.05, 3.63) is 152 Å². The third-order valence-electron chi connectivity index (χ3n) is 11.7. The third kappa shape index (κ3) is 12.5. The second kappa shape index (κ2) is 22.0. The summed E-state index contributed by atoms with van der Waals surface area (Å²) >= 11 is 11.8. The smallest absolute Gasteiger partial charge is 0.382 e. The summed E-state index contributed by atoms with van der Waals surface area (Å²) in [7, 11) is 0. The second-order valence-electron chi connectivity index (χ2n) is 17.5. The van der Waals surface area contributed by atoms with Gasteiger partial charge >= 0.3 is 23.7 Å². The van der Waals surface area contributed by atoms with Gasteiger partial charge < -0.3 is 20.8 Å². The van der Waals surface area contributed by atoms with Gasteiger partial charge in [-0.2, -0.15) is 26.3 Å². The zero-order chi connectivity index (χ0) is 55.8. The third-order valence-corrected chi connectivity index (χ3v) is 12.2. The van der Waals surface area contributed by atoms with Gasteiger partial charge in [-0.05, 0) is 72.8 Å². The summed E-state index contributed by atoms with van der Waals surface area (Å²) in [6, 6.07) is 16.7. The molecular formula is C46H38Cl2F8N16O6. The number of alkyl halides is 8. The molecule has 78 heavy (non-hydrogen) atoms. The number of hydrogen-bond donors (Lipinski definition) is 4. The van der Waals surface area contributed by atoms with Gasteiger partial charge in [0.15, 0.2) is 47.1 Å². The number of amides is 2. The molecule has 2 aliphatic rings. The van der Waals surface area contributed by atoms with E-state index in [2.05, 4.69) is 51.0 Å². The first-order valence-electron chi connectivity index (χ1n) is 23.0. The van der Waals surface area contributed by atoms with E-state index in [1.807, 2.05) is 0 Å². The van der Waals surface area contributed by atoms with Crippen LogP contribution >= 0.6 is 23.2 Å². The summed E-state index contributed by atoms with van der Waals surface area (Å²) < 4.78 is 110. The number of aliphatic hydroxyl groups is 2. The van der Waals surface area contributed by atoms with Gasteiger partial charge in [-0.3, -0.25) is 18.7 Å². The fourth-order valence-corrected chi connectivity index (χ4v) is 7.69. The van der Waals surface area contributed by atoms with Crippen molar-refractivity contribution in [3.63, 3.8) is 0 Å². The summed E-state index contributed by atoms with van der Waals surface area (Å²) in [5.41, 5.74) is -1.08. The number of carbonyl (C=O) groups is 2. The van der Waals surface area contributed by atoms with Crippen molar-refractivity contribution in [2.75, 3.05) is 0 Å². The lowest BCUT2D eigenvalue weighted by Crippen LogP contribution is -2.37. The minimum Gasteiger partial charge on any atom is -0.382 e. The van der Waals surface area contributed by atoms with Crippen LogP contribution in [0.4, 0.5) is 35.1 Å². The summed E-state index contributed by atoms with van der Waals surface area (Å²) in [5.74, 6) is -1.11. The maximum absolute atomic E-state index is 13.2. The van der Waals surface area contributed by atoms with Gasteiger partial charge in [0.25, 0.3) is 11.8 Å². The molecular weight excluding hydrogens is 1100 g/mol. The number of aliphatic hydroxyl groups excluding tert-OH is 2. The van der Waals surface area contributed by atoms with Crippen molar-refractivity contribution < 1.29 is 54.9 Å². The van der Waals surface area contributed by atoms with Crippen LogP contribution in [0.5, 0.6) is 0 Å². The topological polar surface area (TPSA) is 266 Å². The van der Waals surface area contributed by atoms with Crippen LogP contribution in [0.25, 0.3) is 34.4 Å². The summed E-state index contributed by atoms with van der Waals surface area (Å²) in [6.45, 7) is -2.87. The predicted molar refractivity (Wildman–Crippen MR) is 256 cm³/mol. The SMILES string of the molecule is O=C(N[C@@H]1C[C@@H]1F)c1cccnc1-n1cnc(Cn2nc(-c3ccc(Cl)cc3)n(C[C@H](O)C(F)(F)F)c2=O)n1.O=C(N[C@H]1C[C@H]1F)c1cccnc1-n1cnc(Cn2nc(-c3ccc(Cl)cc3)n(C[C@H](O)C(F)(F)F)c2=O)n1. The van der Waals surface area contributed by atoms with Crippen molar-refractivity contribution in [1.82, 2.24) is 78.8 Å². The lowest BCUT2D eigenvalue weighted by molar-refractivity contribution is -0.207. The highest BCUT2D eigenvalue weighted by molar-refractivity contribution is 6.30. The van der Waals surface area contributed by atoms with Gasteiger partial charge in [0.2, 0.25) is 0 Å². The van der Waals surface area contributed by atoms with Crippen molar-refractivity contribution in [2.24, 2.45) is 0 Å². The monoisotopic (exact) mass is 1130 g/mol. The van der Waals surface area contributed by atoms with Crippen molar-refractivity contribution in [3.8, 4) is 34.4 Å². The first kappa shape index (κ1) is 54.6. The highest BCUT2D eigenvalue weighted by Crippen LogP contribution is 2.29. The molecule has 2 aliphatic carbocycles. The number of rotatable bonds is 16. The molecule has 6 atom stereocenters. The minimum atomic E-state index is -4.96. The lowest BCUT2D eigenvalue weighted by Gasteiger charge is -2.15. The number of nitrogens with zero attached hydrogens (tertiary/aromatic N) is 14. The Bertz CT molecular complexity index is 3370. The molecule has 2 aromatic carbocycles. The Labute approximate surface area is 441 Å². The van der Waals surface area contributed by atoms with Gasteiger partial charge in [0, 0.05) is 46.4 Å². The number of nitrogens with one attached hydrogen (secondary N) is 2. The van der Waals surface area contributed by atoms with E-state index in [1.54, 1.807) is 0 Å². The molecule has 0 aliphatic heterocycles. The number of halogens is 10. The van der Waals surface area contributed by atoms with Crippen molar-refractivity contribution in [2.45, 2.75) is 88.0 Å². The van der Waals surface area contributed by atoms with E-state index in [0.29, 0.717) is 30.3 Å². The van der Waals surface area contributed by atoms with E-state index < -0.39 is 85.3 Å². The summed E-state index contributed by atoms with van der Waals surface area (Å²) in [6.07, 6.45) is -12.0. The fourth-order valence-electron chi connectivity index (χ4n) is 7.44. The van der Waals surface area contributed by atoms with Gasteiger partial charge in [0.1, 0.15) is 38.1 Å². The number of aromatic nitrogens is 14. The van der Waals surface area contributed by atoms with Crippen LogP contribution in [-0.2, 0) is 26.2 Å². The highest BCUT2D eigenvalue weighted by atomic mass is 35.5. The minimum absolute atomic E-state index is 0.0313. The van der Waals surface area contributed by atoms with Gasteiger partial charge in [-0.25, -0.2) is 57.0 Å². The molecule has 0 saturated heterocycles. The highest BCUT2D eigenvalue weighted by Gasteiger charge is 2.42. The van der Waals surface area contributed by atoms with E-state index in [4.69, 9.17) is 23.2 Å². The lowest BCUT2D eigenvalue weighted by atomic mass is 10.2. The van der Waals surface area contributed by atoms with Crippen LogP contribution in [0.3, 0.4) is 0 Å². The molecule has 2 amide bonds. The number of benzene rings is 2. The van der Waals surface area contributed by atoms with E-state index in [1.165, 1.54) is 107 Å². The first-order valence-corrected chi connectivity index (χ1v) is 23.8. The molecule has 8 aromatic rings. The molecule has 2 fully saturated rings. The van der Waals surface area contributed by atoms with Crippen LogP contribution in [0.1, 0.15) is 45.2 Å². The van der Waals surface area contributed by atoms with Crippen molar-refractivity contribution >= 4 is 35.0 Å². The van der Waals surface area contributed by atoms with Gasteiger partial charge in [-0.15, -0.1) is 20.4 Å². The number of pyridine rings is 2. The molecule has 2 saturated carbocycles. The average Bonchev–Trinajstić information content (AvgIpc) is 3.93. The van der Waals surface area contributed by atoms with E-state index in [0.717, 1.165) is 9.36 Å². The Morgan fingerprint density at radius 3 is 1.28 bits per heavy atom. The summed E-state index contributed by atoms with van der Waals surface area (Å²) in [4.78, 5) is 67.8. The first-order chi connectivity index (χ1) is 37.0. The van der Waals surface area contributed by atoms with Crippen LogP contribution in [0.15, 0.2) is 107 Å². The standard InChI is InChI=1S/2C23H19ClF4N8O3/c2*24-13-5-3-12(4-6-13)19-33-35(22(39)34(19)9-17(37)23(26,27)28)10-18-30-11-36(32-18)20-14(2-1-7-29-20)21(38)31-16-8-15(16)25/h2*1-7,11,15-17,37H,8-10H2,(H,31,38)/t15-,16+,17+;15-,16+,17-/m10/s1. The largest absolute Gasteiger partial charge is 0.416 e. The van der Waals surface area contributed by atoms with E-state index >= 15 is 0 Å². The van der Waals surface area contributed by atoms with Crippen molar-refractivity contribution in [1.29, 1.82) is 0 Å². The second-order valence-corrected chi connectivity index (χ2v) is 18.4. The Hall–Kier alpha value is -8.22. The van der Waals surface area contributed by atoms with Crippen LogP contribution < -0.4 is 22.0 Å². The normalized spacial score (nSPS) is 17.7. The number of carbonyl (C=O) groups excluding carboxylic acids is 2. The average molecular weight is 1130 g/mol. The van der Waals surface area contributed by atoms with Crippen LogP contribution in [0, 0.1) is 0 Å². The summed E-state index contributed by atoms with van der Waals surface area (Å²) in [5, 5.41) is 41.8. The molecule has 408 valence electrons. The molecule has 32 heteroatoms. The van der Waals surface area contributed by atoms with Crippen LogP contribution in [-0.4, -0.2) is 139 Å². The Morgan fingerprint density at radius 2 is 0.949 bits per heavy atom. The predicted octanol–water partition coefficient (Wildman–Crippen LogP) is 4.31. The Morgan fingerprint density at radius 1 is 0.590 bits per heavy atom. The Kier molecular flexibility index (Phi) is 15.4. The molecule has 6 heterocycles. The van der Waals surface area contributed by atoms with E-state index in [-0.39, 0.29) is 72.0 Å². The zero-order valence-corrected chi connectivity index (χ0v) is 41.0. The molecule has 4 N–H and O–H groups in total. The molecule has 6 aromatic heterocycles. The molecule has 0 radical (unpaired) electrons. The maximum Gasteiger partial charge on any atom is 0.416 e. The Balaban J connectivity index is 0.000000190. The molecule has 0 spiro atoms. The molecule has 0 bridgehead atoms. The quantitative estimate of drug-likeness (QED) is 0.0984. The maximum atomic E-state index is 13.2. The van der Waals surface area contributed by atoms with Gasteiger partial charge in [0.05, 0.1) is 36.3 Å². The number of hydrogen-bond acceptors (Lipinski definition) is 14. The molecule has 10 rings (SSSR count). The molecule has 22 nitrogen and oxygen atoms in total. The van der Waals surface area contributed by atoms with Crippen LogP contribution in [0.2, 0.25) is 10.0 Å². The zero-order valence-electron chi connectivity index (χ0n) is 39.5. The van der Waals surface area contributed by atoms with Gasteiger partial charge in [-0.1, -0.05) is 23.2 Å².